The Morgan fingerprint density at radius 2 is 1.96 bits per heavy atom. The van der Waals surface area contributed by atoms with E-state index in [0.717, 1.165) is 12.3 Å². The average molecular weight is 341 g/mol. The van der Waals surface area contributed by atoms with Gasteiger partial charge in [0.25, 0.3) is 5.91 Å². The van der Waals surface area contributed by atoms with Crippen molar-refractivity contribution in [3.63, 3.8) is 0 Å². The molecule has 1 aromatic heterocycles. The molecule has 0 bridgehead atoms. The molecule has 0 aliphatic carbocycles. The molecule has 0 radical (unpaired) electrons. The molecule has 6 nitrogen and oxygen atoms in total. The van der Waals surface area contributed by atoms with E-state index in [2.05, 4.69) is 4.98 Å². The Labute approximate surface area is 139 Å². The molecule has 0 saturated carbocycles. The van der Waals surface area contributed by atoms with E-state index >= 15 is 0 Å². The van der Waals surface area contributed by atoms with Gasteiger partial charge in [0.2, 0.25) is 5.95 Å². The van der Waals surface area contributed by atoms with Crippen LogP contribution in [0.25, 0.3) is 0 Å². The van der Waals surface area contributed by atoms with E-state index in [1.165, 1.54) is 9.80 Å². The topological polar surface area (TPSA) is 62.7 Å². The number of rotatable bonds is 1. The highest BCUT2D eigenvalue weighted by Gasteiger charge is 2.33. The Hall–Kier alpha value is -2.25. The maximum atomic E-state index is 13.8. The van der Waals surface area contributed by atoms with Crippen LogP contribution in [0.2, 0.25) is 0 Å². The standard InChI is InChI=1S/C16H21F2N3O3/c1-10-9-20(15(23)24-16(2,3)4)7-8-21(10)14(22)11-5-6-19-13(18)12(11)17/h5-6,10H,7-9H2,1-4H3/t10-/m1/s1. The first kappa shape index (κ1) is 18.1. The fourth-order valence-corrected chi connectivity index (χ4v) is 2.49. The van der Waals surface area contributed by atoms with Gasteiger partial charge in [-0.15, -0.1) is 0 Å². The minimum absolute atomic E-state index is 0.211. The second-order valence-electron chi connectivity index (χ2n) is 6.74. The van der Waals surface area contributed by atoms with Crippen LogP contribution in [0.3, 0.4) is 0 Å². The van der Waals surface area contributed by atoms with Gasteiger partial charge in [0.05, 0.1) is 5.56 Å². The highest BCUT2D eigenvalue weighted by molar-refractivity contribution is 5.94. The van der Waals surface area contributed by atoms with Crippen LogP contribution in [0, 0.1) is 11.8 Å². The summed E-state index contributed by atoms with van der Waals surface area (Å²) in [6.07, 6.45) is 0.593. The third-order valence-corrected chi connectivity index (χ3v) is 3.62. The number of nitrogens with zero attached hydrogens (tertiary/aromatic N) is 3. The first-order valence-corrected chi connectivity index (χ1v) is 7.69. The van der Waals surface area contributed by atoms with Gasteiger partial charge in [-0.3, -0.25) is 4.79 Å². The van der Waals surface area contributed by atoms with Gasteiger partial charge < -0.3 is 14.5 Å². The summed E-state index contributed by atoms with van der Waals surface area (Å²) in [5.74, 6) is -3.18. The molecule has 1 aliphatic heterocycles. The summed E-state index contributed by atoms with van der Waals surface area (Å²) < 4.78 is 32.3. The summed E-state index contributed by atoms with van der Waals surface area (Å²) in [7, 11) is 0. The Balaban J connectivity index is 2.07. The molecular formula is C16H21F2N3O3. The predicted octanol–water partition coefficient (Wildman–Crippen LogP) is 2.44. The monoisotopic (exact) mass is 341 g/mol. The quantitative estimate of drug-likeness (QED) is 0.736. The molecule has 2 heterocycles. The number of pyridine rings is 1. The lowest BCUT2D eigenvalue weighted by molar-refractivity contribution is 0.00605. The van der Waals surface area contributed by atoms with Crippen molar-refractivity contribution in [1.29, 1.82) is 0 Å². The fourth-order valence-electron chi connectivity index (χ4n) is 2.49. The second-order valence-corrected chi connectivity index (χ2v) is 6.74. The van der Waals surface area contributed by atoms with Gasteiger partial charge in [0.15, 0.2) is 5.82 Å². The van der Waals surface area contributed by atoms with E-state index in [1.54, 1.807) is 27.7 Å². The third kappa shape index (κ3) is 3.98. The van der Waals surface area contributed by atoms with Crippen molar-refractivity contribution in [3.05, 3.63) is 29.6 Å². The van der Waals surface area contributed by atoms with Gasteiger partial charge in [0, 0.05) is 31.9 Å². The Morgan fingerprint density at radius 3 is 2.54 bits per heavy atom. The summed E-state index contributed by atoms with van der Waals surface area (Å²) in [6, 6.07) is 0.794. The number of amides is 2. The number of ether oxygens (including phenoxy) is 1. The molecule has 2 rings (SSSR count). The van der Waals surface area contributed by atoms with Crippen LogP contribution in [0.1, 0.15) is 38.1 Å². The molecular weight excluding hydrogens is 320 g/mol. The normalized spacial score (nSPS) is 18.5. The summed E-state index contributed by atoms with van der Waals surface area (Å²) in [6.45, 7) is 7.79. The van der Waals surface area contributed by atoms with Crippen LogP contribution in [0.5, 0.6) is 0 Å². The molecule has 2 amide bonds. The van der Waals surface area contributed by atoms with E-state index in [1.807, 2.05) is 0 Å². The molecule has 24 heavy (non-hydrogen) atoms. The van der Waals surface area contributed by atoms with E-state index in [9.17, 15) is 18.4 Å². The largest absolute Gasteiger partial charge is 0.444 e. The molecule has 0 aromatic carbocycles. The van der Waals surface area contributed by atoms with Crippen LogP contribution in [-0.4, -0.2) is 58.1 Å². The number of piperazine rings is 1. The number of aromatic nitrogens is 1. The molecule has 0 N–H and O–H groups in total. The Morgan fingerprint density at radius 1 is 1.29 bits per heavy atom. The summed E-state index contributed by atoms with van der Waals surface area (Å²) in [4.78, 5) is 30.6. The van der Waals surface area contributed by atoms with Gasteiger partial charge in [-0.25, -0.2) is 14.2 Å². The summed E-state index contributed by atoms with van der Waals surface area (Å²) in [5, 5.41) is 0. The van der Waals surface area contributed by atoms with E-state index in [-0.39, 0.29) is 31.2 Å². The van der Waals surface area contributed by atoms with Crippen molar-refractivity contribution in [2.24, 2.45) is 0 Å². The minimum Gasteiger partial charge on any atom is -0.444 e. The Kier molecular flexibility index (Phi) is 5.05. The van der Waals surface area contributed by atoms with Crippen molar-refractivity contribution in [1.82, 2.24) is 14.8 Å². The molecule has 1 saturated heterocycles. The lowest BCUT2D eigenvalue weighted by atomic mass is 10.1. The lowest BCUT2D eigenvalue weighted by Gasteiger charge is -2.40. The molecule has 1 fully saturated rings. The van der Waals surface area contributed by atoms with Crippen LogP contribution in [-0.2, 0) is 4.74 Å². The van der Waals surface area contributed by atoms with Gasteiger partial charge in [-0.2, -0.15) is 4.39 Å². The predicted molar refractivity (Wildman–Crippen MR) is 82.5 cm³/mol. The maximum absolute atomic E-state index is 13.8. The van der Waals surface area contributed by atoms with E-state index in [0.29, 0.717) is 0 Å². The molecule has 1 atom stereocenters. The van der Waals surface area contributed by atoms with Gasteiger partial charge in [-0.1, -0.05) is 0 Å². The molecule has 132 valence electrons. The fraction of sp³-hybridized carbons (Fsp3) is 0.562. The highest BCUT2D eigenvalue weighted by Crippen LogP contribution is 2.19. The van der Waals surface area contributed by atoms with Crippen LogP contribution < -0.4 is 0 Å². The van der Waals surface area contributed by atoms with E-state index < -0.39 is 29.4 Å². The Bertz CT molecular complexity index is 646. The van der Waals surface area contributed by atoms with Crippen molar-refractivity contribution in [2.75, 3.05) is 19.6 Å². The van der Waals surface area contributed by atoms with Crippen LogP contribution >= 0.6 is 0 Å². The molecule has 1 aliphatic rings. The van der Waals surface area contributed by atoms with Gasteiger partial charge in [-0.05, 0) is 33.8 Å². The molecule has 0 spiro atoms. The molecule has 0 unspecified atom stereocenters. The first-order chi connectivity index (χ1) is 11.1. The first-order valence-electron chi connectivity index (χ1n) is 7.69. The number of carbonyl (C=O) groups excluding carboxylic acids is 2. The second kappa shape index (κ2) is 6.70. The molecule has 8 heteroatoms. The number of carbonyl (C=O) groups is 2. The maximum Gasteiger partial charge on any atom is 0.410 e. The lowest BCUT2D eigenvalue weighted by Crippen LogP contribution is -2.56. The van der Waals surface area contributed by atoms with Gasteiger partial charge in [0.1, 0.15) is 5.60 Å². The smallest absolute Gasteiger partial charge is 0.410 e. The zero-order chi connectivity index (χ0) is 18.1. The van der Waals surface area contributed by atoms with Crippen molar-refractivity contribution < 1.29 is 23.1 Å². The summed E-state index contributed by atoms with van der Waals surface area (Å²) >= 11 is 0. The third-order valence-electron chi connectivity index (χ3n) is 3.62. The van der Waals surface area contributed by atoms with Crippen LogP contribution in [0.4, 0.5) is 13.6 Å². The number of hydrogen-bond donors (Lipinski definition) is 0. The zero-order valence-corrected chi connectivity index (χ0v) is 14.2. The number of halogens is 2. The van der Waals surface area contributed by atoms with E-state index in [4.69, 9.17) is 4.74 Å². The number of hydrogen-bond acceptors (Lipinski definition) is 4. The SMILES string of the molecule is C[C@@H]1CN(C(=O)OC(C)(C)C)CCN1C(=O)c1ccnc(F)c1F. The molecule has 1 aromatic rings. The highest BCUT2D eigenvalue weighted by atomic mass is 19.2. The van der Waals surface area contributed by atoms with Crippen molar-refractivity contribution >= 4 is 12.0 Å². The zero-order valence-electron chi connectivity index (χ0n) is 14.2. The minimum atomic E-state index is -1.30. The van der Waals surface area contributed by atoms with Crippen molar-refractivity contribution in [3.8, 4) is 0 Å². The van der Waals surface area contributed by atoms with Crippen molar-refractivity contribution in [2.45, 2.75) is 39.3 Å². The summed E-state index contributed by atoms with van der Waals surface area (Å²) in [5.41, 5.74) is -0.967. The average Bonchev–Trinajstić information content (AvgIpc) is 2.47. The van der Waals surface area contributed by atoms with Gasteiger partial charge >= 0.3 is 6.09 Å². The van der Waals surface area contributed by atoms with Crippen LogP contribution in [0.15, 0.2) is 12.3 Å².